The van der Waals surface area contributed by atoms with Gasteiger partial charge in [-0.15, -0.1) is 0 Å². The number of amides is 2. The van der Waals surface area contributed by atoms with Crippen molar-refractivity contribution in [2.24, 2.45) is 11.3 Å². The summed E-state index contributed by atoms with van der Waals surface area (Å²) in [6, 6.07) is -0.367. The first-order valence-corrected chi connectivity index (χ1v) is 9.60. The Labute approximate surface area is 152 Å². The van der Waals surface area contributed by atoms with Crippen LogP contribution < -0.4 is 10.8 Å². The second-order valence-electron chi connectivity index (χ2n) is 7.96. The molecule has 0 radical (unpaired) electrons. The first-order chi connectivity index (χ1) is 11.8. The van der Waals surface area contributed by atoms with Crippen molar-refractivity contribution < 1.29 is 19.9 Å². The van der Waals surface area contributed by atoms with E-state index in [1.54, 1.807) is 5.48 Å². The Morgan fingerprint density at radius 1 is 1.00 bits per heavy atom. The van der Waals surface area contributed by atoms with Gasteiger partial charge in [0.25, 0.3) is 0 Å². The second kappa shape index (κ2) is 13.1. The third-order valence-electron chi connectivity index (χ3n) is 4.63. The fourth-order valence-corrected chi connectivity index (χ4v) is 2.77. The summed E-state index contributed by atoms with van der Waals surface area (Å²) in [6.45, 7) is 7.87. The molecule has 6 heteroatoms. The minimum atomic E-state index is -0.556. The molecule has 0 aromatic carbocycles. The average molecular weight is 359 g/mol. The second-order valence-corrected chi connectivity index (χ2v) is 7.96. The van der Waals surface area contributed by atoms with Crippen molar-refractivity contribution in [3.05, 3.63) is 0 Å². The molecule has 0 aliphatic rings. The Hall–Kier alpha value is -1.14. The average Bonchev–Trinajstić information content (AvgIpc) is 2.56. The lowest BCUT2D eigenvalue weighted by atomic mass is 9.86. The molecule has 0 aromatic rings. The van der Waals surface area contributed by atoms with Crippen LogP contribution in [0.5, 0.6) is 0 Å². The number of aliphatic hydroxyl groups excluding tert-OH is 1. The first-order valence-electron chi connectivity index (χ1n) is 9.60. The molecule has 6 nitrogen and oxygen atoms in total. The van der Waals surface area contributed by atoms with Crippen LogP contribution in [0.3, 0.4) is 0 Å². The van der Waals surface area contributed by atoms with Crippen LogP contribution in [0.2, 0.25) is 0 Å². The van der Waals surface area contributed by atoms with Gasteiger partial charge in [0.15, 0.2) is 0 Å². The summed E-state index contributed by atoms with van der Waals surface area (Å²) >= 11 is 0. The Bertz CT molecular complexity index is 380. The Kier molecular flexibility index (Phi) is 12.5. The summed E-state index contributed by atoms with van der Waals surface area (Å²) in [5.41, 5.74) is 1.33. The van der Waals surface area contributed by atoms with Crippen LogP contribution in [0.1, 0.15) is 85.5 Å². The zero-order valence-corrected chi connectivity index (χ0v) is 16.4. The van der Waals surface area contributed by atoms with E-state index in [0.29, 0.717) is 6.42 Å². The van der Waals surface area contributed by atoms with Crippen LogP contribution in [0, 0.1) is 11.3 Å². The van der Waals surface area contributed by atoms with Crippen LogP contribution in [0.15, 0.2) is 0 Å². The van der Waals surface area contributed by atoms with Crippen molar-refractivity contribution >= 4 is 11.8 Å². The molecule has 4 N–H and O–H groups in total. The van der Waals surface area contributed by atoms with E-state index >= 15 is 0 Å². The van der Waals surface area contributed by atoms with Crippen molar-refractivity contribution in [3.8, 4) is 0 Å². The van der Waals surface area contributed by atoms with Crippen LogP contribution in [-0.4, -0.2) is 34.8 Å². The zero-order chi connectivity index (χ0) is 19.3. The van der Waals surface area contributed by atoms with E-state index in [4.69, 9.17) is 5.21 Å². The SMILES string of the molecule is CCCCCCCCCC(CC(=O)NO)C(=O)NC(CO)C(C)(C)C. The maximum Gasteiger partial charge on any atom is 0.244 e. The fraction of sp³-hybridized carbons (Fsp3) is 0.895. The summed E-state index contributed by atoms with van der Waals surface area (Å²) in [4.78, 5) is 24.0. The summed E-state index contributed by atoms with van der Waals surface area (Å²) in [7, 11) is 0. The molecule has 25 heavy (non-hydrogen) atoms. The molecule has 0 aliphatic heterocycles. The monoisotopic (exact) mass is 358 g/mol. The predicted octanol–water partition coefficient (Wildman–Crippen LogP) is 3.16. The standard InChI is InChI=1S/C19H38N2O4/c1-5-6-7-8-9-10-11-12-15(13-17(23)21-25)18(24)20-16(14-22)19(2,3)4/h15-16,22,25H,5-14H2,1-4H3,(H,20,24)(H,21,23). The molecule has 148 valence electrons. The minimum Gasteiger partial charge on any atom is -0.394 e. The lowest BCUT2D eigenvalue weighted by molar-refractivity contribution is -0.135. The first kappa shape index (κ1) is 23.9. The third-order valence-corrected chi connectivity index (χ3v) is 4.63. The van der Waals surface area contributed by atoms with Gasteiger partial charge in [-0.25, -0.2) is 5.48 Å². The Morgan fingerprint density at radius 3 is 2.04 bits per heavy atom. The molecule has 0 rings (SSSR count). The Morgan fingerprint density at radius 2 is 1.56 bits per heavy atom. The maximum atomic E-state index is 12.5. The summed E-state index contributed by atoms with van der Waals surface area (Å²) in [5.74, 6) is -1.28. The molecule has 2 amide bonds. The quantitative estimate of drug-likeness (QED) is 0.231. The molecular formula is C19H38N2O4. The van der Waals surface area contributed by atoms with E-state index in [9.17, 15) is 14.7 Å². The van der Waals surface area contributed by atoms with Gasteiger partial charge >= 0.3 is 0 Å². The summed E-state index contributed by atoms with van der Waals surface area (Å²) < 4.78 is 0. The molecule has 0 bridgehead atoms. The molecular weight excluding hydrogens is 320 g/mol. The van der Waals surface area contributed by atoms with E-state index < -0.39 is 11.8 Å². The van der Waals surface area contributed by atoms with Gasteiger partial charge in [0.05, 0.1) is 12.6 Å². The number of hydrogen-bond acceptors (Lipinski definition) is 4. The van der Waals surface area contributed by atoms with Crippen molar-refractivity contribution in [3.63, 3.8) is 0 Å². The van der Waals surface area contributed by atoms with E-state index in [1.807, 2.05) is 20.8 Å². The predicted molar refractivity (Wildman–Crippen MR) is 99.1 cm³/mol. The van der Waals surface area contributed by atoms with Gasteiger partial charge in [0, 0.05) is 12.3 Å². The normalized spacial score (nSPS) is 14.0. The molecule has 0 heterocycles. The molecule has 2 atom stereocenters. The van der Waals surface area contributed by atoms with Gasteiger partial charge in [-0.05, 0) is 11.8 Å². The topological polar surface area (TPSA) is 98.7 Å². The van der Waals surface area contributed by atoms with Crippen LogP contribution in [0.25, 0.3) is 0 Å². The highest BCUT2D eigenvalue weighted by Gasteiger charge is 2.29. The Balaban J connectivity index is 4.50. The van der Waals surface area contributed by atoms with Crippen LogP contribution in [-0.2, 0) is 9.59 Å². The highest BCUT2D eigenvalue weighted by molar-refractivity contribution is 5.85. The molecule has 0 aliphatic carbocycles. The molecule has 0 saturated carbocycles. The van der Waals surface area contributed by atoms with Crippen molar-refractivity contribution in [2.45, 2.75) is 91.5 Å². The third kappa shape index (κ3) is 11.2. The minimum absolute atomic E-state index is 0.0412. The molecule has 0 fully saturated rings. The van der Waals surface area contributed by atoms with Gasteiger partial charge in [0.2, 0.25) is 11.8 Å². The molecule has 2 unspecified atom stereocenters. The highest BCUT2D eigenvalue weighted by Crippen LogP contribution is 2.21. The van der Waals surface area contributed by atoms with Crippen molar-refractivity contribution in [1.82, 2.24) is 10.8 Å². The van der Waals surface area contributed by atoms with E-state index in [0.717, 1.165) is 19.3 Å². The van der Waals surface area contributed by atoms with Gasteiger partial charge in [-0.3, -0.25) is 14.8 Å². The zero-order valence-electron chi connectivity index (χ0n) is 16.4. The van der Waals surface area contributed by atoms with E-state index in [-0.39, 0.29) is 30.4 Å². The number of hydroxylamine groups is 1. The van der Waals surface area contributed by atoms with Gasteiger partial charge < -0.3 is 10.4 Å². The number of nitrogens with one attached hydrogen (secondary N) is 2. The van der Waals surface area contributed by atoms with E-state index in [2.05, 4.69) is 12.2 Å². The summed E-state index contributed by atoms with van der Waals surface area (Å²) in [5, 5.41) is 21.1. The van der Waals surface area contributed by atoms with Crippen molar-refractivity contribution in [1.29, 1.82) is 0 Å². The van der Waals surface area contributed by atoms with Crippen molar-refractivity contribution in [2.75, 3.05) is 6.61 Å². The lowest BCUT2D eigenvalue weighted by Gasteiger charge is -2.31. The largest absolute Gasteiger partial charge is 0.394 e. The van der Waals surface area contributed by atoms with Gasteiger partial charge in [-0.2, -0.15) is 0 Å². The number of carbonyl (C=O) groups excluding carboxylic acids is 2. The van der Waals surface area contributed by atoms with E-state index in [1.165, 1.54) is 25.7 Å². The highest BCUT2D eigenvalue weighted by atomic mass is 16.5. The number of hydrogen-bond donors (Lipinski definition) is 4. The number of carbonyl (C=O) groups is 2. The van der Waals surface area contributed by atoms with Crippen LogP contribution in [0.4, 0.5) is 0 Å². The number of rotatable bonds is 13. The van der Waals surface area contributed by atoms with Crippen LogP contribution >= 0.6 is 0 Å². The molecule has 0 spiro atoms. The number of unbranched alkanes of at least 4 members (excludes halogenated alkanes) is 6. The van der Waals surface area contributed by atoms with Gasteiger partial charge in [0.1, 0.15) is 0 Å². The van der Waals surface area contributed by atoms with Gasteiger partial charge in [-0.1, -0.05) is 72.6 Å². The smallest absolute Gasteiger partial charge is 0.244 e. The molecule has 0 saturated heterocycles. The fourth-order valence-electron chi connectivity index (χ4n) is 2.77. The lowest BCUT2D eigenvalue weighted by Crippen LogP contribution is -2.48. The summed E-state index contributed by atoms with van der Waals surface area (Å²) in [6.07, 6.45) is 8.56. The molecule has 0 aromatic heterocycles. The maximum absolute atomic E-state index is 12.5. The number of aliphatic hydroxyl groups is 1.